The van der Waals surface area contributed by atoms with Gasteiger partial charge >= 0.3 is 11.9 Å². The maximum absolute atomic E-state index is 12.4. The predicted molar refractivity (Wildman–Crippen MR) is 85.6 cm³/mol. The number of aryl methyl sites for hydroxylation is 1. The van der Waals surface area contributed by atoms with Gasteiger partial charge in [-0.2, -0.15) is 5.10 Å². The molecule has 1 aliphatic rings. The number of hydrogen-bond donors (Lipinski definition) is 0. The minimum absolute atomic E-state index is 0.0950. The second-order valence-corrected chi connectivity index (χ2v) is 6.23. The Labute approximate surface area is 135 Å². The summed E-state index contributed by atoms with van der Waals surface area (Å²) in [6, 6.07) is 5.99. The van der Waals surface area contributed by atoms with E-state index in [-0.39, 0.29) is 6.04 Å². The van der Waals surface area contributed by atoms with E-state index >= 15 is 0 Å². The third kappa shape index (κ3) is 2.81. The fourth-order valence-electron chi connectivity index (χ4n) is 3.32. The molecule has 1 aromatic heterocycles. The van der Waals surface area contributed by atoms with E-state index in [9.17, 15) is 9.59 Å². The van der Waals surface area contributed by atoms with Crippen LogP contribution in [0.5, 0.6) is 0 Å². The van der Waals surface area contributed by atoms with E-state index in [1.807, 2.05) is 30.1 Å². The number of nitrogens with zero attached hydrogens (tertiary/aromatic N) is 3. The van der Waals surface area contributed by atoms with Crippen LogP contribution in [0, 0.1) is 5.92 Å². The van der Waals surface area contributed by atoms with Crippen molar-refractivity contribution in [2.24, 2.45) is 13.0 Å². The highest BCUT2D eigenvalue weighted by atomic mass is 16.5. The maximum atomic E-state index is 12.4. The Hall–Kier alpha value is -2.37. The van der Waals surface area contributed by atoms with Crippen molar-refractivity contribution in [1.29, 1.82) is 0 Å². The van der Waals surface area contributed by atoms with E-state index in [0.29, 0.717) is 12.5 Å². The van der Waals surface area contributed by atoms with Gasteiger partial charge in [0.2, 0.25) is 0 Å². The van der Waals surface area contributed by atoms with Gasteiger partial charge in [0.1, 0.15) is 0 Å². The molecule has 2 heterocycles. The van der Waals surface area contributed by atoms with Crippen LogP contribution in [0.3, 0.4) is 0 Å². The highest BCUT2D eigenvalue weighted by Crippen LogP contribution is 2.34. The molecule has 2 atom stereocenters. The van der Waals surface area contributed by atoms with Crippen LogP contribution >= 0.6 is 0 Å². The van der Waals surface area contributed by atoms with Crippen LogP contribution in [0.2, 0.25) is 0 Å². The molecular formula is C17H21N3O3. The number of carbonyl (C=O) groups excluding carboxylic acids is 2. The Morgan fingerprint density at radius 2 is 2.09 bits per heavy atom. The molecule has 0 radical (unpaired) electrons. The van der Waals surface area contributed by atoms with Gasteiger partial charge < -0.3 is 9.64 Å². The van der Waals surface area contributed by atoms with E-state index in [2.05, 4.69) is 22.8 Å². The normalized spacial score (nSPS) is 21.4. The molecule has 2 aromatic rings. The summed E-state index contributed by atoms with van der Waals surface area (Å²) in [5.41, 5.74) is 2.08. The van der Waals surface area contributed by atoms with Crippen molar-refractivity contribution in [2.75, 3.05) is 13.7 Å². The second kappa shape index (κ2) is 6.02. The summed E-state index contributed by atoms with van der Waals surface area (Å²) in [6.45, 7) is 2.67. The summed E-state index contributed by atoms with van der Waals surface area (Å²) in [5, 5.41) is 5.29. The lowest BCUT2D eigenvalue weighted by atomic mass is 9.89. The van der Waals surface area contributed by atoms with Gasteiger partial charge in [0.15, 0.2) is 0 Å². The Kier molecular flexibility index (Phi) is 4.07. The van der Waals surface area contributed by atoms with Gasteiger partial charge in [0, 0.05) is 19.0 Å². The first-order valence-corrected chi connectivity index (χ1v) is 7.82. The van der Waals surface area contributed by atoms with Crippen molar-refractivity contribution < 1.29 is 14.3 Å². The van der Waals surface area contributed by atoms with Gasteiger partial charge in [-0.1, -0.05) is 13.0 Å². The summed E-state index contributed by atoms with van der Waals surface area (Å²) < 4.78 is 6.43. The number of benzene rings is 1. The monoisotopic (exact) mass is 315 g/mol. The summed E-state index contributed by atoms with van der Waals surface area (Å²) >= 11 is 0. The van der Waals surface area contributed by atoms with Gasteiger partial charge in [-0.15, -0.1) is 0 Å². The SMILES string of the molecule is COC(=O)C(=O)N1CC(C)CCC1c1ccc2c(cnn2C)c1. The lowest BCUT2D eigenvalue weighted by Gasteiger charge is -2.38. The molecule has 1 fully saturated rings. The van der Waals surface area contributed by atoms with Crippen LogP contribution in [-0.4, -0.2) is 40.2 Å². The topological polar surface area (TPSA) is 64.4 Å². The Morgan fingerprint density at radius 1 is 1.30 bits per heavy atom. The molecule has 3 rings (SSSR count). The zero-order valence-corrected chi connectivity index (χ0v) is 13.7. The number of piperidine rings is 1. The first-order chi connectivity index (χ1) is 11.0. The smallest absolute Gasteiger partial charge is 0.396 e. The summed E-state index contributed by atoms with van der Waals surface area (Å²) in [5.74, 6) is -0.983. The molecular weight excluding hydrogens is 294 g/mol. The molecule has 0 saturated carbocycles. The number of carbonyl (C=O) groups is 2. The van der Waals surface area contributed by atoms with Crippen molar-refractivity contribution in [1.82, 2.24) is 14.7 Å². The fraction of sp³-hybridized carbons (Fsp3) is 0.471. The third-order valence-electron chi connectivity index (χ3n) is 4.59. The highest BCUT2D eigenvalue weighted by Gasteiger charge is 2.34. The van der Waals surface area contributed by atoms with Crippen molar-refractivity contribution in [3.8, 4) is 0 Å². The molecule has 1 amide bonds. The van der Waals surface area contributed by atoms with Gasteiger partial charge in [0.05, 0.1) is 24.9 Å². The number of aromatic nitrogens is 2. The van der Waals surface area contributed by atoms with Crippen LogP contribution in [0.1, 0.15) is 31.4 Å². The predicted octanol–water partition coefficient (Wildman–Crippen LogP) is 2.05. The average molecular weight is 315 g/mol. The minimum atomic E-state index is -0.799. The van der Waals surface area contributed by atoms with Gasteiger partial charge in [0.25, 0.3) is 0 Å². The molecule has 1 aliphatic heterocycles. The molecule has 1 aromatic carbocycles. The molecule has 0 aliphatic carbocycles. The van der Waals surface area contributed by atoms with E-state index in [1.54, 1.807) is 4.90 Å². The van der Waals surface area contributed by atoms with Crippen LogP contribution in [0.25, 0.3) is 10.9 Å². The van der Waals surface area contributed by atoms with E-state index in [1.165, 1.54) is 7.11 Å². The van der Waals surface area contributed by atoms with Gasteiger partial charge in [-0.25, -0.2) is 4.79 Å². The lowest BCUT2D eigenvalue weighted by Crippen LogP contribution is -2.45. The number of methoxy groups -OCH3 is 1. The third-order valence-corrected chi connectivity index (χ3v) is 4.59. The van der Waals surface area contributed by atoms with Crippen LogP contribution < -0.4 is 0 Å². The fourth-order valence-corrected chi connectivity index (χ4v) is 3.32. The largest absolute Gasteiger partial charge is 0.462 e. The van der Waals surface area contributed by atoms with Gasteiger partial charge in [-0.3, -0.25) is 9.48 Å². The van der Waals surface area contributed by atoms with Crippen molar-refractivity contribution in [3.05, 3.63) is 30.0 Å². The number of likely N-dealkylation sites (tertiary alicyclic amines) is 1. The number of fused-ring (bicyclic) bond motifs is 1. The van der Waals surface area contributed by atoms with E-state index in [4.69, 9.17) is 0 Å². The van der Waals surface area contributed by atoms with Crippen molar-refractivity contribution >= 4 is 22.8 Å². The molecule has 6 nitrogen and oxygen atoms in total. The summed E-state index contributed by atoms with van der Waals surface area (Å²) in [7, 11) is 3.14. The first kappa shape index (κ1) is 15.5. The second-order valence-electron chi connectivity index (χ2n) is 6.23. The molecule has 23 heavy (non-hydrogen) atoms. The number of rotatable bonds is 1. The van der Waals surface area contributed by atoms with Crippen LogP contribution in [0.15, 0.2) is 24.4 Å². The maximum Gasteiger partial charge on any atom is 0.396 e. The van der Waals surface area contributed by atoms with E-state index in [0.717, 1.165) is 29.3 Å². The molecule has 1 saturated heterocycles. The molecule has 0 bridgehead atoms. The molecule has 2 unspecified atom stereocenters. The number of esters is 1. The molecule has 6 heteroatoms. The van der Waals surface area contributed by atoms with Crippen LogP contribution in [-0.2, 0) is 21.4 Å². The molecule has 122 valence electrons. The van der Waals surface area contributed by atoms with E-state index < -0.39 is 11.9 Å². The number of hydrogen-bond acceptors (Lipinski definition) is 4. The Bertz CT molecular complexity index is 753. The lowest BCUT2D eigenvalue weighted by molar-refractivity contribution is -0.160. The highest BCUT2D eigenvalue weighted by molar-refractivity contribution is 6.32. The Balaban J connectivity index is 1.96. The van der Waals surface area contributed by atoms with Gasteiger partial charge in [-0.05, 0) is 36.5 Å². The Morgan fingerprint density at radius 3 is 2.83 bits per heavy atom. The van der Waals surface area contributed by atoms with Crippen molar-refractivity contribution in [3.63, 3.8) is 0 Å². The summed E-state index contributed by atoms with van der Waals surface area (Å²) in [4.78, 5) is 25.7. The van der Waals surface area contributed by atoms with Crippen LogP contribution in [0.4, 0.5) is 0 Å². The number of amides is 1. The average Bonchev–Trinajstić information content (AvgIpc) is 2.94. The first-order valence-electron chi connectivity index (χ1n) is 7.82. The zero-order valence-electron chi connectivity index (χ0n) is 13.7. The number of ether oxygens (including phenoxy) is 1. The summed E-state index contributed by atoms with van der Waals surface area (Å²) in [6.07, 6.45) is 3.69. The zero-order chi connectivity index (χ0) is 16.6. The quantitative estimate of drug-likeness (QED) is 0.597. The minimum Gasteiger partial charge on any atom is -0.462 e. The molecule has 0 N–H and O–H groups in total. The molecule has 0 spiro atoms. The standard InChI is InChI=1S/C17H21N3O3/c1-11-4-6-15(20(10-11)16(21)17(22)23-3)12-5-7-14-13(8-12)9-18-19(14)2/h5,7-9,11,15H,4,6,10H2,1-3H3. The van der Waals surface area contributed by atoms with Crippen molar-refractivity contribution in [2.45, 2.75) is 25.8 Å².